The van der Waals surface area contributed by atoms with Gasteiger partial charge in [-0.05, 0) is 30.0 Å². The minimum Gasteiger partial charge on any atom is -0.481 e. The molecule has 1 aliphatic rings. The molecule has 0 saturated heterocycles. The molecule has 0 aliphatic heterocycles. The number of benzene rings is 1. The van der Waals surface area contributed by atoms with Crippen LogP contribution in [0.2, 0.25) is 0 Å². The third kappa shape index (κ3) is 7.45. The Morgan fingerprint density at radius 3 is 2.41 bits per heavy atom. The minimum absolute atomic E-state index is 0.0335. The summed E-state index contributed by atoms with van der Waals surface area (Å²) in [4.78, 5) is 27.0. The third-order valence-corrected chi connectivity index (χ3v) is 5.92. The summed E-state index contributed by atoms with van der Waals surface area (Å²) in [6.45, 7) is 3.63. The molecule has 0 bridgehead atoms. The summed E-state index contributed by atoms with van der Waals surface area (Å²) in [7, 11) is 3.12. The molecule has 11 heteroatoms. The van der Waals surface area contributed by atoms with Gasteiger partial charge in [-0.2, -0.15) is 13.2 Å². The third-order valence-electron chi connectivity index (χ3n) is 5.92. The lowest BCUT2D eigenvalue weighted by Crippen LogP contribution is -2.16. The number of aromatic nitrogens is 3. The molecule has 202 valence electrons. The zero-order valence-corrected chi connectivity index (χ0v) is 21.4. The standard InChI is InChI=1S/C28H27F3N6O2/c1-4-5-21(17-37(2)23-10-11-23)36-27-33-14-20(15-34-27)19-8-6-18(7-9-19)12-25(38)35-22-13-24(28(29,30)31)26(39-3)32-16-22/h5-9,13-17,23H,1,10-12H2,2-3H3,(H,35,38)(H,33,34,36)/b21-17+. The van der Waals surface area contributed by atoms with Gasteiger partial charge in [-0.15, -0.1) is 5.73 Å². The molecular formula is C28H27F3N6O2. The fraction of sp³-hybridized carbons (Fsp3) is 0.250. The van der Waals surface area contributed by atoms with Crippen LogP contribution in [0.3, 0.4) is 0 Å². The highest BCUT2D eigenvalue weighted by atomic mass is 19.4. The maximum atomic E-state index is 13.2. The number of hydrogen-bond acceptors (Lipinski definition) is 7. The van der Waals surface area contributed by atoms with Gasteiger partial charge in [-0.25, -0.2) is 15.0 Å². The second kappa shape index (κ2) is 11.8. The maximum absolute atomic E-state index is 13.2. The van der Waals surface area contributed by atoms with Crippen molar-refractivity contribution in [1.29, 1.82) is 0 Å². The van der Waals surface area contributed by atoms with Gasteiger partial charge in [0.15, 0.2) is 0 Å². The highest BCUT2D eigenvalue weighted by molar-refractivity contribution is 5.92. The SMILES string of the molecule is C=C=C/C(=C\N(C)C1CC1)Nc1ncc(-c2ccc(CC(=O)Nc3cnc(OC)c(C(F)(F)F)c3)cc2)cn1. The molecule has 1 fully saturated rings. The summed E-state index contributed by atoms with van der Waals surface area (Å²) in [5.41, 5.74) is 4.70. The summed E-state index contributed by atoms with van der Waals surface area (Å²) in [5, 5.41) is 5.61. The van der Waals surface area contributed by atoms with Crippen LogP contribution in [0, 0.1) is 0 Å². The van der Waals surface area contributed by atoms with E-state index in [0.717, 1.165) is 36.2 Å². The lowest BCUT2D eigenvalue weighted by atomic mass is 10.0. The number of methoxy groups -OCH3 is 1. The van der Waals surface area contributed by atoms with E-state index in [0.29, 0.717) is 17.6 Å². The molecule has 2 heterocycles. The number of nitrogens with one attached hydrogen (secondary N) is 2. The Bertz CT molecular complexity index is 1390. The van der Waals surface area contributed by atoms with Gasteiger partial charge in [0.05, 0.1) is 31.1 Å². The number of ether oxygens (including phenoxy) is 1. The molecule has 2 N–H and O–H groups in total. The Labute approximate surface area is 224 Å². The quantitative estimate of drug-likeness (QED) is 0.264. The van der Waals surface area contributed by atoms with E-state index in [1.54, 1.807) is 30.6 Å². The van der Waals surface area contributed by atoms with Crippen molar-refractivity contribution in [3.8, 4) is 17.0 Å². The van der Waals surface area contributed by atoms with Gasteiger partial charge < -0.3 is 20.3 Å². The average Bonchev–Trinajstić information content (AvgIpc) is 3.75. The normalized spacial score (nSPS) is 13.3. The van der Waals surface area contributed by atoms with Gasteiger partial charge in [0.25, 0.3) is 0 Å². The number of hydrogen-bond donors (Lipinski definition) is 2. The first kappa shape index (κ1) is 27.4. The highest BCUT2D eigenvalue weighted by Gasteiger charge is 2.35. The van der Waals surface area contributed by atoms with E-state index >= 15 is 0 Å². The number of carbonyl (C=O) groups excluding carboxylic acids is 1. The monoisotopic (exact) mass is 536 g/mol. The molecule has 39 heavy (non-hydrogen) atoms. The van der Waals surface area contributed by atoms with Crippen LogP contribution < -0.4 is 15.4 Å². The summed E-state index contributed by atoms with van der Waals surface area (Å²) < 4.78 is 44.3. The summed E-state index contributed by atoms with van der Waals surface area (Å²) in [5.74, 6) is -0.613. The number of anilines is 2. The van der Waals surface area contributed by atoms with Crippen molar-refractivity contribution < 1.29 is 22.7 Å². The van der Waals surface area contributed by atoms with Crippen LogP contribution in [-0.4, -0.2) is 46.0 Å². The van der Waals surface area contributed by atoms with Crippen LogP contribution in [0.1, 0.15) is 24.0 Å². The van der Waals surface area contributed by atoms with E-state index < -0.39 is 23.5 Å². The van der Waals surface area contributed by atoms with Gasteiger partial charge in [0.1, 0.15) is 5.56 Å². The number of amides is 1. The van der Waals surface area contributed by atoms with E-state index in [-0.39, 0.29) is 12.1 Å². The van der Waals surface area contributed by atoms with Crippen molar-refractivity contribution in [3.05, 3.63) is 90.3 Å². The van der Waals surface area contributed by atoms with E-state index in [9.17, 15) is 18.0 Å². The molecule has 0 unspecified atom stereocenters. The molecule has 0 spiro atoms. The second-order valence-corrected chi connectivity index (χ2v) is 8.95. The number of alkyl halides is 3. The van der Waals surface area contributed by atoms with Crippen molar-refractivity contribution in [2.75, 3.05) is 24.8 Å². The summed E-state index contributed by atoms with van der Waals surface area (Å²) in [6.07, 6.45) is 5.84. The van der Waals surface area contributed by atoms with Crippen molar-refractivity contribution >= 4 is 17.5 Å². The molecule has 4 rings (SSSR count). The van der Waals surface area contributed by atoms with Crippen LogP contribution in [0.5, 0.6) is 5.88 Å². The van der Waals surface area contributed by atoms with Gasteiger partial charge in [-0.3, -0.25) is 4.79 Å². The fourth-order valence-electron chi connectivity index (χ4n) is 3.78. The second-order valence-electron chi connectivity index (χ2n) is 8.95. The van der Waals surface area contributed by atoms with Crippen LogP contribution in [0.4, 0.5) is 24.8 Å². The number of carbonyl (C=O) groups is 1. The zero-order chi connectivity index (χ0) is 28.0. The minimum atomic E-state index is -4.67. The molecule has 1 aromatic carbocycles. The first-order valence-corrected chi connectivity index (χ1v) is 12.1. The Balaban J connectivity index is 1.37. The van der Waals surface area contributed by atoms with E-state index in [1.165, 1.54) is 12.8 Å². The van der Waals surface area contributed by atoms with Crippen molar-refractivity contribution in [1.82, 2.24) is 19.9 Å². The largest absolute Gasteiger partial charge is 0.481 e. The molecule has 2 aromatic heterocycles. The van der Waals surface area contributed by atoms with Crippen LogP contribution in [-0.2, 0) is 17.4 Å². The molecule has 0 radical (unpaired) electrons. The predicted molar refractivity (Wildman–Crippen MR) is 142 cm³/mol. The lowest BCUT2D eigenvalue weighted by Gasteiger charge is -2.15. The molecule has 8 nitrogen and oxygen atoms in total. The Morgan fingerprint density at radius 1 is 1.13 bits per heavy atom. The maximum Gasteiger partial charge on any atom is 0.421 e. The van der Waals surface area contributed by atoms with Crippen LogP contribution >= 0.6 is 0 Å². The molecule has 1 aliphatic carbocycles. The van der Waals surface area contributed by atoms with Crippen molar-refractivity contribution in [2.45, 2.75) is 31.5 Å². The molecular weight excluding hydrogens is 509 g/mol. The Hall–Kier alpha value is -4.63. The topological polar surface area (TPSA) is 92.3 Å². The first-order chi connectivity index (χ1) is 18.7. The average molecular weight is 537 g/mol. The smallest absolute Gasteiger partial charge is 0.421 e. The number of allylic oxidation sites excluding steroid dienone is 1. The van der Waals surface area contributed by atoms with Gasteiger partial charge >= 0.3 is 6.18 Å². The number of pyridine rings is 1. The van der Waals surface area contributed by atoms with Crippen LogP contribution in [0.25, 0.3) is 11.1 Å². The van der Waals surface area contributed by atoms with Gasteiger partial charge in [-0.1, -0.05) is 30.8 Å². The van der Waals surface area contributed by atoms with E-state index in [1.807, 2.05) is 25.4 Å². The lowest BCUT2D eigenvalue weighted by molar-refractivity contribution is -0.139. The fourth-order valence-corrected chi connectivity index (χ4v) is 3.78. The Morgan fingerprint density at radius 2 is 1.82 bits per heavy atom. The van der Waals surface area contributed by atoms with Crippen molar-refractivity contribution in [2.24, 2.45) is 0 Å². The van der Waals surface area contributed by atoms with E-state index in [2.05, 4.69) is 47.5 Å². The molecule has 0 atom stereocenters. The number of halogens is 3. The van der Waals surface area contributed by atoms with Gasteiger partial charge in [0, 0.05) is 43.3 Å². The van der Waals surface area contributed by atoms with E-state index in [4.69, 9.17) is 0 Å². The summed E-state index contributed by atoms with van der Waals surface area (Å²) >= 11 is 0. The summed E-state index contributed by atoms with van der Waals surface area (Å²) in [6, 6.07) is 8.51. The van der Waals surface area contributed by atoms with Gasteiger partial charge in [0.2, 0.25) is 17.7 Å². The number of nitrogens with zero attached hydrogens (tertiary/aromatic N) is 4. The highest BCUT2D eigenvalue weighted by Crippen LogP contribution is 2.36. The molecule has 1 amide bonds. The Kier molecular flexibility index (Phi) is 8.31. The molecule has 1 saturated carbocycles. The first-order valence-electron chi connectivity index (χ1n) is 12.1. The van der Waals surface area contributed by atoms with Crippen molar-refractivity contribution in [3.63, 3.8) is 0 Å². The zero-order valence-electron chi connectivity index (χ0n) is 21.4. The molecule has 3 aromatic rings. The predicted octanol–water partition coefficient (Wildman–Crippen LogP) is 5.44. The number of rotatable bonds is 10. The van der Waals surface area contributed by atoms with Crippen LogP contribution in [0.15, 0.2) is 79.2 Å².